The van der Waals surface area contributed by atoms with E-state index in [9.17, 15) is 4.79 Å². The molecule has 0 unspecified atom stereocenters. The summed E-state index contributed by atoms with van der Waals surface area (Å²) in [6, 6.07) is 0. The van der Waals surface area contributed by atoms with Crippen LogP contribution in [-0.2, 0) is 17.3 Å². The molecule has 0 aromatic heterocycles. The molecule has 0 aromatic rings. The van der Waals surface area contributed by atoms with Crippen molar-refractivity contribution in [2.24, 2.45) is 11.3 Å². The number of carbonyl (C=O) groups excluding carboxylic acids is 1. The van der Waals surface area contributed by atoms with Crippen LogP contribution in [0, 0.1) is 11.3 Å². The molecule has 0 amide bonds. The maximum atomic E-state index is 11.5. The average molecular weight is 355 g/mol. The van der Waals surface area contributed by atoms with Crippen molar-refractivity contribution in [2.75, 3.05) is 11.7 Å². The van der Waals surface area contributed by atoms with Gasteiger partial charge in [0.15, 0.2) is 0 Å². The standard InChI is InChI=1S/C12H20IO4/c1-11(2)9(7-10(14)15-3)5-4-6-12(11)16-8-13-17-12/h9H,4-8H2,1-3H3/q-1/t9-,12-/m1/s1. The van der Waals surface area contributed by atoms with Gasteiger partial charge in [-0.3, -0.25) is 0 Å². The number of hydrogen-bond donors (Lipinski definition) is 0. The summed E-state index contributed by atoms with van der Waals surface area (Å²) < 4.78 is 17.4. The van der Waals surface area contributed by atoms with E-state index in [1.807, 2.05) is 0 Å². The van der Waals surface area contributed by atoms with Gasteiger partial charge in [-0.15, -0.1) is 0 Å². The third-order valence-electron chi connectivity index (χ3n) is 4.21. The van der Waals surface area contributed by atoms with Crippen molar-refractivity contribution in [1.82, 2.24) is 0 Å². The molecule has 2 rings (SSSR count). The SMILES string of the molecule is COC(=O)C[C@H]1CCC[C@]2(OC[I-]O2)C1(C)C. The molecule has 1 heterocycles. The van der Waals surface area contributed by atoms with E-state index in [0.717, 1.165) is 23.9 Å². The van der Waals surface area contributed by atoms with Gasteiger partial charge in [-0.05, 0) is 0 Å². The number of ether oxygens (including phenoxy) is 2. The molecule has 1 saturated heterocycles. The molecule has 2 aliphatic rings. The van der Waals surface area contributed by atoms with Crippen LogP contribution in [0.1, 0.15) is 39.5 Å². The zero-order chi connectivity index (χ0) is 12.5. The summed E-state index contributed by atoms with van der Waals surface area (Å²) >= 11 is -0.275. The summed E-state index contributed by atoms with van der Waals surface area (Å²) in [6.45, 7) is 4.32. The zero-order valence-electron chi connectivity index (χ0n) is 10.6. The first-order valence-electron chi connectivity index (χ1n) is 6.00. The van der Waals surface area contributed by atoms with Gasteiger partial charge < -0.3 is 0 Å². The second-order valence-corrected chi connectivity index (χ2v) is 6.97. The number of carbonyl (C=O) groups is 1. The van der Waals surface area contributed by atoms with Crippen molar-refractivity contribution in [1.29, 1.82) is 0 Å². The Morgan fingerprint density at radius 3 is 2.88 bits per heavy atom. The number of alkyl halides is 1. The number of methoxy groups -OCH3 is 1. The first-order valence-corrected chi connectivity index (χ1v) is 8.40. The molecule has 1 aliphatic heterocycles. The molecule has 17 heavy (non-hydrogen) atoms. The van der Waals surface area contributed by atoms with Crippen molar-refractivity contribution in [3.8, 4) is 0 Å². The Morgan fingerprint density at radius 2 is 2.29 bits per heavy atom. The predicted molar refractivity (Wildman–Crippen MR) is 57.5 cm³/mol. The fourth-order valence-electron chi connectivity index (χ4n) is 2.86. The minimum absolute atomic E-state index is 0.115. The van der Waals surface area contributed by atoms with Crippen molar-refractivity contribution >= 4 is 5.97 Å². The van der Waals surface area contributed by atoms with Gasteiger partial charge in [0.25, 0.3) is 0 Å². The summed E-state index contributed by atoms with van der Waals surface area (Å²) in [5, 5.41) is 0. The Bertz CT molecular complexity index is 297. The van der Waals surface area contributed by atoms with Crippen LogP contribution in [0.25, 0.3) is 0 Å². The van der Waals surface area contributed by atoms with E-state index in [4.69, 9.17) is 12.5 Å². The number of hydrogen-bond acceptors (Lipinski definition) is 4. The molecule has 0 radical (unpaired) electrons. The van der Waals surface area contributed by atoms with Crippen molar-refractivity contribution in [3.05, 3.63) is 0 Å². The van der Waals surface area contributed by atoms with Crippen LogP contribution in [0.3, 0.4) is 0 Å². The van der Waals surface area contributed by atoms with Gasteiger partial charge >= 0.3 is 113 Å². The van der Waals surface area contributed by atoms with Gasteiger partial charge in [-0.25, -0.2) is 0 Å². The topological polar surface area (TPSA) is 44.8 Å². The number of esters is 1. The van der Waals surface area contributed by atoms with Gasteiger partial charge in [-0.2, -0.15) is 0 Å². The van der Waals surface area contributed by atoms with E-state index in [1.165, 1.54) is 7.11 Å². The molecule has 4 nitrogen and oxygen atoms in total. The van der Waals surface area contributed by atoms with Crippen LogP contribution in [-0.4, -0.2) is 23.5 Å². The van der Waals surface area contributed by atoms with Crippen LogP contribution in [0.2, 0.25) is 0 Å². The van der Waals surface area contributed by atoms with Crippen LogP contribution in [0.5, 0.6) is 0 Å². The summed E-state index contributed by atoms with van der Waals surface area (Å²) in [4.78, 5) is 11.5. The van der Waals surface area contributed by atoms with E-state index < -0.39 is 5.79 Å². The minimum atomic E-state index is -0.433. The maximum absolute atomic E-state index is 11.5. The first kappa shape index (κ1) is 13.5. The molecule has 1 spiro atoms. The number of rotatable bonds is 2. The molecule has 2 atom stereocenters. The van der Waals surface area contributed by atoms with E-state index in [1.54, 1.807) is 0 Å². The van der Waals surface area contributed by atoms with Crippen molar-refractivity contribution in [2.45, 2.75) is 45.3 Å². The molecule has 100 valence electrons. The quantitative estimate of drug-likeness (QED) is 0.365. The third kappa shape index (κ3) is 2.33. The van der Waals surface area contributed by atoms with Gasteiger partial charge in [-0.1, -0.05) is 0 Å². The van der Waals surface area contributed by atoms with E-state index in [0.29, 0.717) is 6.42 Å². The Labute approximate surface area is 113 Å². The predicted octanol–water partition coefficient (Wildman–Crippen LogP) is -0.920. The van der Waals surface area contributed by atoms with Gasteiger partial charge in [0, 0.05) is 0 Å². The third-order valence-corrected chi connectivity index (χ3v) is 5.80. The Morgan fingerprint density at radius 1 is 1.53 bits per heavy atom. The Balaban J connectivity index is 2.15. The second kappa shape index (κ2) is 5.01. The van der Waals surface area contributed by atoms with Crippen LogP contribution >= 0.6 is 0 Å². The molecular weight excluding hydrogens is 335 g/mol. The summed E-state index contributed by atoms with van der Waals surface area (Å²) in [7, 11) is 1.45. The monoisotopic (exact) mass is 355 g/mol. The first-order chi connectivity index (χ1) is 8.02. The molecule has 0 N–H and O–H groups in total. The van der Waals surface area contributed by atoms with Crippen molar-refractivity contribution in [3.63, 3.8) is 0 Å². The number of halogens is 1. The van der Waals surface area contributed by atoms with Crippen LogP contribution in [0.15, 0.2) is 0 Å². The average Bonchev–Trinajstić information content (AvgIpc) is 2.76. The molecule has 1 saturated carbocycles. The zero-order valence-corrected chi connectivity index (χ0v) is 12.8. The van der Waals surface area contributed by atoms with Gasteiger partial charge in [0.2, 0.25) is 0 Å². The fraction of sp³-hybridized carbons (Fsp3) is 0.917. The second-order valence-electron chi connectivity index (χ2n) is 5.28. The Hall–Kier alpha value is 0.120. The molecule has 0 aromatic carbocycles. The fourth-order valence-corrected chi connectivity index (χ4v) is 5.03. The van der Waals surface area contributed by atoms with E-state index in [2.05, 4.69) is 13.8 Å². The molecule has 2 fully saturated rings. The van der Waals surface area contributed by atoms with E-state index >= 15 is 0 Å². The summed E-state index contributed by atoms with van der Waals surface area (Å²) in [5.41, 5.74) is -0.115. The molecule has 5 heteroatoms. The van der Waals surface area contributed by atoms with Gasteiger partial charge in [0.05, 0.1) is 0 Å². The summed E-state index contributed by atoms with van der Waals surface area (Å²) in [6.07, 6.45) is 3.54. The van der Waals surface area contributed by atoms with Crippen LogP contribution < -0.4 is 21.6 Å². The molecular formula is C12H20IO4-. The van der Waals surface area contributed by atoms with Crippen LogP contribution in [0.4, 0.5) is 0 Å². The molecule has 1 aliphatic carbocycles. The van der Waals surface area contributed by atoms with E-state index in [-0.39, 0.29) is 38.9 Å². The Kier molecular flexibility index (Phi) is 3.99. The molecule has 0 bridgehead atoms. The van der Waals surface area contributed by atoms with Gasteiger partial charge in [0.1, 0.15) is 0 Å². The van der Waals surface area contributed by atoms with Crippen molar-refractivity contribution < 1.29 is 39.0 Å². The summed E-state index contributed by atoms with van der Waals surface area (Å²) in [5.74, 6) is -0.282. The normalized spacial score (nSPS) is 36.5.